The molecule has 7 heteroatoms. The summed E-state index contributed by atoms with van der Waals surface area (Å²) in [6, 6.07) is 7.81. The summed E-state index contributed by atoms with van der Waals surface area (Å²) >= 11 is 3.41. The second-order valence-electron chi connectivity index (χ2n) is 5.91. The van der Waals surface area contributed by atoms with Gasteiger partial charge in [0, 0.05) is 17.2 Å². The third-order valence-electron chi connectivity index (χ3n) is 4.17. The van der Waals surface area contributed by atoms with Crippen molar-refractivity contribution in [3.63, 3.8) is 0 Å². The SMILES string of the molecule is Cl.O=C(NCCC1CCCNC1)c1cnn(-c2ccc(Br)cc2)c1. The van der Waals surface area contributed by atoms with Crippen LogP contribution in [-0.4, -0.2) is 35.3 Å². The normalized spacial score (nSPS) is 17.1. The van der Waals surface area contributed by atoms with Gasteiger partial charge in [-0.25, -0.2) is 4.68 Å². The van der Waals surface area contributed by atoms with Crippen molar-refractivity contribution in [3.05, 3.63) is 46.7 Å². The van der Waals surface area contributed by atoms with Crippen molar-refractivity contribution in [2.24, 2.45) is 5.92 Å². The van der Waals surface area contributed by atoms with Crippen molar-refractivity contribution in [2.75, 3.05) is 19.6 Å². The average Bonchev–Trinajstić information content (AvgIpc) is 3.06. The van der Waals surface area contributed by atoms with Gasteiger partial charge in [-0.3, -0.25) is 4.79 Å². The van der Waals surface area contributed by atoms with Crippen molar-refractivity contribution in [1.82, 2.24) is 20.4 Å². The summed E-state index contributed by atoms with van der Waals surface area (Å²) in [6.45, 7) is 2.91. The molecule has 2 heterocycles. The van der Waals surface area contributed by atoms with E-state index in [0.717, 1.165) is 29.7 Å². The third kappa shape index (κ3) is 5.06. The number of amides is 1. The number of hydrogen-bond acceptors (Lipinski definition) is 3. The van der Waals surface area contributed by atoms with E-state index in [2.05, 4.69) is 31.7 Å². The first-order valence-electron chi connectivity index (χ1n) is 8.02. The van der Waals surface area contributed by atoms with Gasteiger partial charge in [-0.1, -0.05) is 15.9 Å². The van der Waals surface area contributed by atoms with Gasteiger partial charge in [-0.05, 0) is 62.5 Å². The van der Waals surface area contributed by atoms with Crippen LogP contribution in [0.25, 0.3) is 5.69 Å². The number of hydrogen-bond donors (Lipinski definition) is 2. The highest BCUT2D eigenvalue weighted by atomic mass is 79.9. The molecule has 130 valence electrons. The lowest BCUT2D eigenvalue weighted by molar-refractivity contribution is 0.0950. The van der Waals surface area contributed by atoms with Crippen molar-refractivity contribution in [2.45, 2.75) is 19.3 Å². The predicted molar refractivity (Wildman–Crippen MR) is 101 cm³/mol. The molecule has 1 fully saturated rings. The number of halogens is 2. The van der Waals surface area contributed by atoms with Crippen molar-refractivity contribution >= 4 is 34.2 Å². The molecule has 0 spiro atoms. The van der Waals surface area contributed by atoms with E-state index in [0.29, 0.717) is 18.0 Å². The summed E-state index contributed by atoms with van der Waals surface area (Å²) in [5.41, 5.74) is 1.52. The molecule has 0 saturated carbocycles. The Hall–Kier alpha value is -1.37. The Morgan fingerprint density at radius 1 is 1.38 bits per heavy atom. The lowest BCUT2D eigenvalue weighted by Gasteiger charge is -2.22. The summed E-state index contributed by atoms with van der Waals surface area (Å²) in [7, 11) is 0. The zero-order valence-corrected chi connectivity index (χ0v) is 15.8. The number of rotatable bonds is 5. The number of nitrogens with zero attached hydrogens (tertiary/aromatic N) is 2. The van der Waals surface area contributed by atoms with Gasteiger partial charge in [0.2, 0.25) is 0 Å². The molecule has 2 N–H and O–H groups in total. The van der Waals surface area contributed by atoms with Crippen LogP contribution in [0, 0.1) is 5.92 Å². The van der Waals surface area contributed by atoms with Crippen molar-refractivity contribution in [3.8, 4) is 5.69 Å². The lowest BCUT2D eigenvalue weighted by Crippen LogP contribution is -2.33. The third-order valence-corrected chi connectivity index (χ3v) is 4.70. The molecule has 2 aromatic rings. The highest BCUT2D eigenvalue weighted by Crippen LogP contribution is 2.15. The quantitative estimate of drug-likeness (QED) is 0.791. The fourth-order valence-corrected chi connectivity index (χ4v) is 3.10. The standard InChI is InChI=1S/C17H21BrN4O.ClH/c18-15-3-5-16(6-4-15)22-12-14(11-21-22)17(23)20-9-7-13-2-1-8-19-10-13;/h3-6,11-13,19H,1-2,7-10H2,(H,20,23);1H. The molecule has 1 aromatic carbocycles. The number of carbonyl (C=O) groups excluding carboxylic acids is 1. The maximum absolute atomic E-state index is 12.2. The summed E-state index contributed by atoms with van der Waals surface area (Å²) in [5, 5.41) is 10.7. The maximum atomic E-state index is 12.2. The van der Waals surface area contributed by atoms with Crippen LogP contribution in [-0.2, 0) is 0 Å². The Morgan fingerprint density at radius 2 is 2.17 bits per heavy atom. The molecule has 0 bridgehead atoms. The summed E-state index contributed by atoms with van der Waals surface area (Å²) in [5.74, 6) is 0.617. The summed E-state index contributed by atoms with van der Waals surface area (Å²) in [4.78, 5) is 12.2. The van der Waals surface area contributed by atoms with Crippen LogP contribution in [0.15, 0.2) is 41.1 Å². The monoisotopic (exact) mass is 412 g/mol. The Bertz CT molecular complexity index is 653. The average molecular weight is 414 g/mol. The van der Waals surface area contributed by atoms with E-state index in [1.807, 2.05) is 24.3 Å². The number of benzene rings is 1. The second-order valence-corrected chi connectivity index (χ2v) is 6.82. The smallest absolute Gasteiger partial charge is 0.254 e. The molecular weight excluding hydrogens is 392 g/mol. The zero-order chi connectivity index (χ0) is 16.1. The molecule has 5 nitrogen and oxygen atoms in total. The molecule has 24 heavy (non-hydrogen) atoms. The van der Waals surface area contributed by atoms with E-state index >= 15 is 0 Å². The molecule has 1 aliphatic heterocycles. The topological polar surface area (TPSA) is 59.0 Å². The predicted octanol–water partition coefficient (Wildman–Crippen LogP) is 3.18. The van der Waals surface area contributed by atoms with Crippen LogP contribution in [0.2, 0.25) is 0 Å². The van der Waals surface area contributed by atoms with Gasteiger partial charge in [0.15, 0.2) is 0 Å². The number of aromatic nitrogens is 2. The van der Waals surface area contributed by atoms with Crippen molar-refractivity contribution in [1.29, 1.82) is 0 Å². The Kier molecular flexibility index (Phi) is 7.27. The number of carbonyl (C=O) groups is 1. The van der Waals surface area contributed by atoms with Crippen molar-refractivity contribution < 1.29 is 4.79 Å². The first-order valence-corrected chi connectivity index (χ1v) is 8.81. The molecule has 1 unspecified atom stereocenters. The fourth-order valence-electron chi connectivity index (χ4n) is 2.84. The van der Waals surface area contributed by atoms with Gasteiger partial charge in [0.1, 0.15) is 0 Å². The molecule has 1 aliphatic rings. The van der Waals surface area contributed by atoms with E-state index in [1.54, 1.807) is 17.1 Å². The van der Waals surface area contributed by atoms with Gasteiger partial charge in [-0.2, -0.15) is 5.10 Å². The molecule has 3 rings (SSSR count). The minimum Gasteiger partial charge on any atom is -0.352 e. The van der Waals surface area contributed by atoms with Crippen LogP contribution >= 0.6 is 28.3 Å². The zero-order valence-electron chi connectivity index (χ0n) is 13.4. The summed E-state index contributed by atoms with van der Waals surface area (Å²) < 4.78 is 2.73. The lowest BCUT2D eigenvalue weighted by atomic mass is 9.96. The van der Waals surface area contributed by atoms with E-state index in [9.17, 15) is 4.79 Å². The highest BCUT2D eigenvalue weighted by molar-refractivity contribution is 9.10. The van der Waals surface area contributed by atoms with Crippen LogP contribution < -0.4 is 10.6 Å². The van der Waals surface area contributed by atoms with E-state index < -0.39 is 0 Å². The van der Waals surface area contributed by atoms with E-state index in [1.165, 1.54) is 12.8 Å². The number of nitrogens with one attached hydrogen (secondary N) is 2. The molecule has 1 atom stereocenters. The van der Waals surface area contributed by atoms with E-state index in [4.69, 9.17) is 0 Å². The van der Waals surface area contributed by atoms with Crippen LogP contribution in [0.5, 0.6) is 0 Å². The van der Waals surface area contributed by atoms with Gasteiger partial charge in [0.05, 0.1) is 17.4 Å². The van der Waals surface area contributed by atoms with Crippen LogP contribution in [0.3, 0.4) is 0 Å². The van der Waals surface area contributed by atoms with Crippen LogP contribution in [0.4, 0.5) is 0 Å². The van der Waals surface area contributed by atoms with Gasteiger partial charge in [0.25, 0.3) is 5.91 Å². The molecule has 0 radical (unpaired) electrons. The van der Waals surface area contributed by atoms with Gasteiger partial charge < -0.3 is 10.6 Å². The molecule has 0 aliphatic carbocycles. The van der Waals surface area contributed by atoms with Gasteiger partial charge in [-0.15, -0.1) is 12.4 Å². The van der Waals surface area contributed by atoms with E-state index in [-0.39, 0.29) is 18.3 Å². The largest absolute Gasteiger partial charge is 0.352 e. The number of piperidine rings is 1. The maximum Gasteiger partial charge on any atom is 0.254 e. The van der Waals surface area contributed by atoms with Crippen LogP contribution in [0.1, 0.15) is 29.6 Å². The Labute approximate surface area is 156 Å². The first kappa shape index (κ1) is 19.0. The second kappa shape index (κ2) is 9.20. The molecular formula is C17H22BrClN4O. The molecule has 1 amide bonds. The first-order chi connectivity index (χ1) is 11.2. The fraction of sp³-hybridized carbons (Fsp3) is 0.412. The molecule has 1 aromatic heterocycles. The summed E-state index contributed by atoms with van der Waals surface area (Å²) in [6.07, 6.45) is 6.89. The minimum absolute atomic E-state index is 0. The Balaban J connectivity index is 0.00000208. The molecule has 1 saturated heterocycles. The van der Waals surface area contributed by atoms with Gasteiger partial charge >= 0.3 is 0 Å². The minimum atomic E-state index is -0.0582. The highest BCUT2D eigenvalue weighted by Gasteiger charge is 2.14. The Morgan fingerprint density at radius 3 is 2.88 bits per heavy atom.